The lowest BCUT2D eigenvalue weighted by Gasteiger charge is -2.25. The summed E-state index contributed by atoms with van der Waals surface area (Å²) in [7, 11) is 1.28. The Morgan fingerprint density at radius 2 is 1.78 bits per heavy atom. The number of aromatic nitrogens is 2. The number of hydrogen-bond donors (Lipinski definition) is 0. The van der Waals surface area contributed by atoms with E-state index in [1.165, 1.54) is 23.0 Å². The van der Waals surface area contributed by atoms with Crippen molar-refractivity contribution in [2.75, 3.05) is 26.9 Å². The van der Waals surface area contributed by atoms with Crippen LogP contribution in [0.4, 0.5) is 0 Å². The van der Waals surface area contributed by atoms with E-state index >= 15 is 0 Å². The Labute approximate surface area is 291 Å². The van der Waals surface area contributed by atoms with Crippen molar-refractivity contribution in [2.24, 2.45) is 4.99 Å². The molecule has 1 aliphatic rings. The van der Waals surface area contributed by atoms with E-state index < -0.39 is 18.0 Å². The molecule has 49 heavy (non-hydrogen) atoms. The average Bonchev–Trinajstić information content (AvgIpc) is 3.60. The molecule has 6 rings (SSSR count). The summed E-state index contributed by atoms with van der Waals surface area (Å²) in [4.78, 5) is 44.7. The van der Waals surface area contributed by atoms with E-state index in [0.29, 0.717) is 50.3 Å². The maximum Gasteiger partial charge on any atom is 0.343 e. The Bertz CT molecular complexity index is 2280. The number of rotatable bonds is 11. The molecule has 3 aromatic carbocycles. The van der Waals surface area contributed by atoms with E-state index in [1.54, 1.807) is 32.0 Å². The van der Waals surface area contributed by atoms with Gasteiger partial charge in [-0.1, -0.05) is 65.4 Å². The number of carbonyl (C=O) groups excluding carboxylic acids is 2. The van der Waals surface area contributed by atoms with Crippen LogP contribution in [0.2, 0.25) is 5.02 Å². The zero-order valence-corrected chi connectivity index (χ0v) is 29.0. The van der Waals surface area contributed by atoms with Crippen LogP contribution in [0.5, 0.6) is 11.5 Å². The van der Waals surface area contributed by atoms with Gasteiger partial charge in [0.05, 0.1) is 42.2 Å². The number of nitrogens with zero attached hydrogens (tertiary/aromatic N) is 3. The molecule has 252 valence electrons. The largest absolute Gasteiger partial charge is 0.490 e. The van der Waals surface area contributed by atoms with Crippen LogP contribution in [0.1, 0.15) is 43.5 Å². The minimum atomic E-state index is -0.868. The van der Waals surface area contributed by atoms with Gasteiger partial charge in [0.25, 0.3) is 5.56 Å². The summed E-state index contributed by atoms with van der Waals surface area (Å²) < 4.78 is 25.8. The molecular weight excluding hydrogens is 666 g/mol. The van der Waals surface area contributed by atoms with Crippen molar-refractivity contribution < 1.29 is 28.5 Å². The van der Waals surface area contributed by atoms with Gasteiger partial charge in [0.1, 0.15) is 0 Å². The number of para-hydroxylation sites is 1. The van der Waals surface area contributed by atoms with Crippen molar-refractivity contribution >= 4 is 51.9 Å². The van der Waals surface area contributed by atoms with E-state index in [2.05, 4.69) is 4.57 Å². The molecular formula is C37H34ClN3O7S. The van der Waals surface area contributed by atoms with Gasteiger partial charge in [-0.05, 0) is 62.2 Å². The van der Waals surface area contributed by atoms with Gasteiger partial charge in [0.2, 0.25) is 0 Å². The van der Waals surface area contributed by atoms with Crippen molar-refractivity contribution in [3.63, 3.8) is 0 Å². The highest BCUT2D eigenvalue weighted by atomic mass is 35.5. The van der Waals surface area contributed by atoms with Gasteiger partial charge in [0, 0.05) is 34.2 Å². The number of carbonyl (C=O) groups is 2. The normalized spacial score (nSPS) is 14.4. The molecule has 0 saturated heterocycles. The lowest BCUT2D eigenvalue weighted by Crippen LogP contribution is -2.40. The molecule has 0 radical (unpaired) electrons. The fourth-order valence-electron chi connectivity index (χ4n) is 5.86. The number of allylic oxidation sites excluding steroid dienone is 1. The number of benzene rings is 3. The monoisotopic (exact) mass is 699 g/mol. The molecule has 5 aromatic rings. The second-order valence-electron chi connectivity index (χ2n) is 11.1. The van der Waals surface area contributed by atoms with Crippen molar-refractivity contribution in [3.05, 3.63) is 126 Å². The third kappa shape index (κ3) is 6.77. The third-order valence-corrected chi connectivity index (χ3v) is 9.43. The van der Waals surface area contributed by atoms with Gasteiger partial charge in [-0.15, -0.1) is 0 Å². The van der Waals surface area contributed by atoms with E-state index in [1.807, 2.05) is 67.7 Å². The summed E-state index contributed by atoms with van der Waals surface area (Å²) in [5.41, 5.74) is 3.78. The molecule has 0 amide bonds. The maximum absolute atomic E-state index is 14.4. The van der Waals surface area contributed by atoms with Crippen LogP contribution in [0.3, 0.4) is 0 Å². The molecule has 0 fully saturated rings. The first-order valence-corrected chi connectivity index (χ1v) is 16.9. The predicted octanol–water partition coefficient (Wildman–Crippen LogP) is 5.41. The quantitative estimate of drug-likeness (QED) is 0.170. The molecule has 0 saturated carbocycles. The van der Waals surface area contributed by atoms with Gasteiger partial charge in [-0.2, -0.15) is 0 Å². The predicted molar refractivity (Wildman–Crippen MR) is 188 cm³/mol. The minimum Gasteiger partial charge on any atom is -0.490 e. The van der Waals surface area contributed by atoms with Crippen molar-refractivity contribution in [1.82, 2.24) is 9.13 Å². The smallest absolute Gasteiger partial charge is 0.343 e. The summed E-state index contributed by atoms with van der Waals surface area (Å²) in [6.07, 6.45) is 3.88. The Hall–Kier alpha value is -5.13. The number of methoxy groups -OCH3 is 1. The zero-order valence-electron chi connectivity index (χ0n) is 27.4. The van der Waals surface area contributed by atoms with E-state index in [0.717, 1.165) is 22.0 Å². The van der Waals surface area contributed by atoms with Gasteiger partial charge >= 0.3 is 11.9 Å². The SMILES string of the molecule is CCOC(=O)C1=C(C)N=c2s/c(=C/c3cn(Cc4ccccc4Cl)c4ccccc34)c(=O)n2[C@@H]1c1ccc(OCC(=O)OC)c(OCC)c1. The number of ether oxygens (including phenoxy) is 4. The molecule has 0 unspecified atom stereocenters. The maximum atomic E-state index is 14.4. The first-order chi connectivity index (χ1) is 23.7. The van der Waals surface area contributed by atoms with Crippen LogP contribution in [0.15, 0.2) is 94.0 Å². The lowest BCUT2D eigenvalue weighted by molar-refractivity contribution is -0.143. The number of halogens is 1. The first kappa shape index (κ1) is 33.8. The molecule has 1 atom stereocenters. The molecule has 3 heterocycles. The summed E-state index contributed by atoms with van der Waals surface area (Å²) in [6.45, 7) is 5.97. The van der Waals surface area contributed by atoms with Crippen molar-refractivity contribution in [3.8, 4) is 11.5 Å². The van der Waals surface area contributed by atoms with Crippen LogP contribution >= 0.6 is 22.9 Å². The van der Waals surface area contributed by atoms with Crippen LogP contribution in [0, 0.1) is 0 Å². The lowest BCUT2D eigenvalue weighted by atomic mass is 9.95. The number of fused-ring (bicyclic) bond motifs is 2. The van der Waals surface area contributed by atoms with Crippen LogP contribution < -0.4 is 24.4 Å². The number of esters is 2. The van der Waals surface area contributed by atoms with E-state index in [-0.39, 0.29) is 24.3 Å². The Morgan fingerprint density at radius 3 is 2.53 bits per heavy atom. The molecule has 10 nitrogen and oxygen atoms in total. The fourth-order valence-corrected chi connectivity index (χ4v) is 7.09. The van der Waals surface area contributed by atoms with Gasteiger partial charge < -0.3 is 23.5 Å². The average molecular weight is 700 g/mol. The molecule has 1 aliphatic heterocycles. The van der Waals surface area contributed by atoms with Crippen molar-refractivity contribution in [2.45, 2.75) is 33.4 Å². The van der Waals surface area contributed by atoms with Crippen LogP contribution in [-0.2, 0) is 25.6 Å². The molecule has 0 aliphatic carbocycles. The number of hydrogen-bond acceptors (Lipinski definition) is 9. The summed E-state index contributed by atoms with van der Waals surface area (Å²) in [5, 5.41) is 1.66. The Kier molecular flexibility index (Phi) is 10.0. The highest BCUT2D eigenvalue weighted by Gasteiger charge is 2.34. The van der Waals surface area contributed by atoms with Gasteiger partial charge in [-0.25, -0.2) is 14.6 Å². The van der Waals surface area contributed by atoms with E-state index in [4.69, 9.17) is 35.5 Å². The van der Waals surface area contributed by atoms with Crippen LogP contribution in [-0.4, -0.2) is 48.0 Å². The van der Waals surface area contributed by atoms with Gasteiger partial charge in [0.15, 0.2) is 22.9 Å². The third-order valence-electron chi connectivity index (χ3n) is 8.08. The van der Waals surface area contributed by atoms with Gasteiger partial charge in [-0.3, -0.25) is 9.36 Å². The second kappa shape index (κ2) is 14.6. The molecule has 0 bridgehead atoms. The van der Waals surface area contributed by atoms with Crippen LogP contribution in [0.25, 0.3) is 17.0 Å². The topological polar surface area (TPSA) is 110 Å². The highest BCUT2D eigenvalue weighted by Crippen LogP contribution is 2.36. The zero-order chi connectivity index (χ0) is 34.7. The molecule has 12 heteroatoms. The fraction of sp³-hybridized carbons (Fsp3) is 0.243. The Morgan fingerprint density at radius 1 is 1.00 bits per heavy atom. The van der Waals surface area contributed by atoms with E-state index in [9.17, 15) is 14.4 Å². The summed E-state index contributed by atoms with van der Waals surface area (Å²) in [6, 6.07) is 19.9. The molecule has 0 spiro atoms. The molecule has 0 N–H and O–H groups in total. The second-order valence-corrected chi connectivity index (χ2v) is 12.5. The number of thiazole rings is 1. The van der Waals surface area contributed by atoms with Crippen molar-refractivity contribution in [1.29, 1.82) is 0 Å². The minimum absolute atomic E-state index is 0.148. The summed E-state index contributed by atoms with van der Waals surface area (Å²) in [5.74, 6) is -0.464. The standard InChI is InChI=1S/C37H34ClN3O7S/c1-5-46-30-17-23(15-16-29(30)48-21-32(42)45-4)34-33(36(44)47-6-2)22(3)39-37-41(34)35(43)31(49-37)18-25-20-40(28-14-10-8-12-26(25)28)19-24-11-7-9-13-27(24)38/h7-18,20,34H,5-6,19,21H2,1-4H3/b31-18+/t34-/m1/s1. The highest BCUT2D eigenvalue weighted by molar-refractivity contribution is 7.07. The Balaban J connectivity index is 1.49. The summed E-state index contributed by atoms with van der Waals surface area (Å²) >= 11 is 7.74. The first-order valence-electron chi connectivity index (χ1n) is 15.7. The molecule has 2 aromatic heterocycles.